The Bertz CT molecular complexity index is 290. The van der Waals surface area contributed by atoms with E-state index in [2.05, 4.69) is 23.6 Å². The standard InChI is InChI=1S/C14H26N2O2/c1-3-12(2)16-8-5-14(6-9-16)10-15(11-14)7-4-13(17)18/h12H,3-11H2,1-2H3,(H,17,18). The predicted octanol–water partition coefficient (Wildman–Crippen LogP) is 1.66. The lowest BCUT2D eigenvalue weighted by Crippen LogP contribution is -2.61. The average Bonchev–Trinajstić information content (AvgIpc) is 2.33. The molecular weight excluding hydrogens is 228 g/mol. The van der Waals surface area contributed by atoms with Crippen molar-refractivity contribution < 1.29 is 9.90 Å². The van der Waals surface area contributed by atoms with Gasteiger partial charge in [-0.1, -0.05) is 6.92 Å². The van der Waals surface area contributed by atoms with E-state index in [4.69, 9.17) is 5.11 Å². The van der Waals surface area contributed by atoms with E-state index < -0.39 is 5.97 Å². The first-order chi connectivity index (χ1) is 8.54. The van der Waals surface area contributed by atoms with Gasteiger partial charge < -0.3 is 14.9 Å². The molecule has 0 saturated carbocycles. The van der Waals surface area contributed by atoms with Gasteiger partial charge in [0, 0.05) is 25.7 Å². The molecule has 1 atom stereocenters. The van der Waals surface area contributed by atoms with Crippen LogP contribution < -0.4 is 0 Å². The highest BCUT2D eigenvalue weighted by Gasteiger charge is 2.44. The van der Waals surface area contributed by atoms with Gasteiger partial charge in [0.05, 0.1) is 6.42 Å². The van der Waals surface area contributed by atoms with Crippen molar-refractivity contribution in [3.8, 4) is 0 Å². The summed E-state index contributed by atoms with van der Waals surface area (Å²) < 4.78 is 0. The van der Waals surface area contributed by atoms with Crippen LogP contribution >= 0.6 is 0 Å². The van der Waals surface area contributed by atoms with E-state index in [9.17, 15) is 4.79 Å². The minimum absolute atomic E-state index is 0.287. The zero-order valence-electron chi connectivity index (χ0n) is 11.7. The molecule has 0 bridgehead atoms. The first-order valence-electron chi connectivity index (χ1n) is 7.23. The van der Waals surface area contributed by atoms with Gasteiger partial charge in [-0.3, -0.25) is 4.79 Å². The fourth-order valence-electron chi connectivity index (χ4n) is 3.33. The Hall–Kier alpha value is -0.610. The van der Waals surface area contributed by atoms with Gasteiger partial charge in [0.15, 0.2) is 0 Å². The minimum Gasteiger partial charge on any atom is -0.481 e. The lowest BCUT2D eigenvalue weighted by molar-refractivity contribution is -0.138. The number of aliphatic carboxylic acids is 1. The third-order valence-electron chi connectivity index (χ3n) is 4.83. The summed E-state index contributed by atoms with van der Waals surface area (Å²) >= 11 is 0. The molecule has 18 heavy (non-hydrogen) atoms. The van der Waals surface area contributed by atoms with Crippen LogP contribution in [-0.2, 0) is 4.79 Å². The van der Waals surface area contributed by atoms with E-state index in [0.29, 0.717) is 11.5 Å². The van der Waals surface area contributed by atoms with Crippen molar-refractivity contribution in [3.05, 3.63) is 0 Å². The van der Waals surface area contributed by atoms with Gasteiger partial charge in [0.2, 0.25) is 0 Å². The quantitative estimate of drug-likeness (QED) is 0.810. The highest BCUT2D eigenvalue weighted by molar-refractivity contribution is 5.66. The predicted molar refractivity (Wildman–Crippen MR) is 71.7 cm³/mol. The summed E-state index contributed by atoms with van der Waals surface area (Å²) in [6.07, 6.45) is 4.11. The Kier molecular flexibility index (Phi) is 4.28. The van der Waals surface area contributed by atoms with Crippen LogP contribution in [0.2, 0.25) is 0 Å². The highest BCUT2D eigenvalue weighted by Crippen LogP contribution is 2.40. The van der Waals surface area contributed by atoms with Gasteiger partial charge in [0.1, 0.15) is 0 Å². The molecule has 2 rings (SSSR count). The molecule has 2 aliphatic rings. The zero-order chi connectivity index (χ0) is 13.2. The lowest BCUT2D eigenvalue weighted by Gasteiger charge is -2.54. The number of carboxylic acid groups (broad SMARTS) is 1. The van der Waals surface area contributed by atoms with Gasteiger partial charge in [0.25, 0.3) is 0 Å². The van der Waals surface area contributed by atoms with E-state index >= 15 is 0 Å². The molecule has 2 saturated heterocycles. The number of carboxylic acids is 1. The molecule has 1 unspecified atom stereocenters. The van der Waals surface area contributed by atoms with Gasteiger partial charge in [-0.2, -0.15) is 0 Å². The smallest absolute Gasteiger partial charge is 0.304 e. The molecule has 4 heteroatoms. The van der Waals surface area contributed by atoms with E-state index in [1.54, 1.807) is 0 Å². The van der Waals surface area contributed by atoms with Crippen LogP contribution in [0.15, 0.2) is 0 Å². The van der Waals surface area contributed by atoms with Crippen LogP contribution in [0.4, 0.5) is 0 Å². The molecule has 0 aromatic heterocycles. The molecule has 2 aliphatic heterocycles. The van der Waals surface area contributed by atoms with Gasteiger partial charge in [-0.15, -0.1) is 0 Å². The van der Waals surface area contributed by atoms with Gasteiger partial charge in [-0.05, 0) is 44.7 Å². The van der Waals surface area contributed by atoms with Crippen LogP contribution in [0.1, 0.15) is 39.5 Å². The Labute approximate surface area is 110 Å². The Morgan fingerprint density at radius 3 is 2.44 bits per heavy atom. The van der Waals surface area contributed by atoms with Crippen LogP contribution in [0, 0.1) is 5.41 Å². The van der Waals surface area contributed by atoms with Crippen molar-refractivity contribution in [2.45, 2.75) is 45.6 Å². The SMILES string of the molecule is CCC(C)N1CCC2(CC1)CN(CCC(=O)O)C2. The third kappa shape index (κ3) is 3.04. The van der Waals surface area contributed by atoms with E-state index in [1.807, 2.05) is 0 Å². The number of hydrogen-bond donors (Lipinski definition) is 1. The summed E-state index contributed by atoms with van der Waals surface area (Å²) in [6, 6.07) is 0.713. The van der Waals surface area contributed by atoms with Crippen molar-refractivity contribution in [2.24, 2.45) is 5.41 Å². The molecule has 1 spiro atoms. The molecule has 0 amide bonds. The second kappa shape index (κ2) is 5.57. The van der Waals surface area contributed by atoms with E-state index in [1.165, 1.54) is 32.4 Å². The van der Waals surface area contributed by atoms with Crippen LogP contribution in [0.5, 0.6) is 0 Å². The summed E-state index contributed by atoms with van der Waals surface area (Å²) in [5.74, 6) is -0.678. The molecule has 2 fully saturated rings. The van der Waals surface area contributed by atoms with Crippen molar-refractivity contribution in [3.63, 3.8) is 0 Å². The maximum atomic E-state index is 10.5. The summed E-state index contributed by atoms with van der Waals surface area (Å²) in [6.45, 7) is 9.99. The normalized spacial score (nSPS) is 25.9. The second-order valence-corrected chi connectivity index (χ2v) is 6.15. The van der Waals surface area contributed by atoms with Crippen molar-refractivity contribution in [2.75, 3.05) is 32.7 Å². The summed E-state index contributed by atoms with van der Waals surface area (Å²) in [7, 11) is 0. The first-order valence-corrected chi connectivity index (χ1v) is 7.23. The molecular formula is C14H26N2O2. The average molecular weight is 254 g/mol. The number of likely N-dealkylation sites (tertiary alicyclic amines) is 2. The number of nitrogens with zero attached hydrogens (tertiary/aromatic N) is 2. The fourth-order valence-corrected chi connectivity index (χ4v) is 3.33. The topological polar surface area (TPSA) is 43.8 Å². The Morgan fingerprint density at radius 2 is 1.94 bits per heavy atom. The minimum atomic E-state index is -0.678. The number of rotatable bonds is 5. The third-order valence-corrected chi connectivity index (χ3v) is 4.83. The Balaban J connectivity index is 1.70. The van der Waals surface area contributed by atoms with Crippen molar-refractivity contribution >= 4 is 5.97 Å². The molecule has 0 aromatic rings. The number of hydrogen-bond acceptors (Lipinski definition) is 3. The highest BCUT2D eigenvalue weighted by atomic mass is 16.4. The number of piperidine rings is 1. The molecule has 0 aromatic carbocycles. The Morgan fingerprint density at radius 1 is 1.33 bits per heavy atom. The summed E-state index contributed by atoms with van der Waals surface area (Å²) in [4.78, 5) is 15.4. The van der Waals surface area contributed by atoms with E-state index in [-0.39, 0.29) is 6.42 Å². The summed E-state index contributed by atoms with van der Waals surface area (Å²) in [5.41, 5.74) is 0.516. The second-order valence-electron chi connectivity index (χ2n) is 6.15. The molecule has 2 heterocycles. The van der Waals surface area contributed by atoms with Gasteiger partial charge >= 0.3 is 5.97 Å². The van der Waals surface area contributed by atoms with Gasteiger partial charge in [-0.25, -0.2) is 0 Å². The first kappa shape index (κ1) is 13.8. The van der Waals surface area contributed by atoms with Crippen LogP contribution in [-0.4, -0.2) is 59.6 Å². The fraction of sp³-hybridized carbons (Fsp3) is 0.929. The molecule has 0 aliphatic carbocycles. The lowest BCUT2D eigenvalue weighted by atomic mass is 9.71. The van der Waals surface area contributed by atoms with Crippen molar-refractivity contribution in [1.82, 2.24) is 9.80 Å². The molecule has 4 nitrogen and oxygen atoms in total. The van der Waals surface area contributed by atoms with Crippen molar-refractivity contribution in [1.29, 1.82) is 0 Å². The maximum Gasteiger partial charge on any atom is 0.304 e. The largest absolute Gasteiger partial charge is 0.481 e. The zero-order valence-corrected chi connectivity index (χ0v) is 11.7. The van der Waals surface area contributed by atoms with Crippen LogP contribution in [0.25, 0.3) is 0 Å². The monoisotopic (exact) mass is 254 g/mol. The maximum absolute atomic E-state index is 10.5. The molecule has 0 radical (unpaired) electrons. The number of carbonyl (C=O) groups is 1. The molecule has 1 N–H and O–H groups in total. The van der Waals surface area contributed by atoms with Crippen LogP contribution in [0.3, 0.4) is 0 Å². The summed E-state index contributed by atoms with van der Waals surface area (Å²) in [5, 5.41) is 8.67. The molecule has 104 valence electrons. The van der Waals surface area contributed by atoms with E-state index in [0.717, 1.165) is 19.6 Å².